The molecule has 2 rings (SSSR count). The normalized spacial score (nSPS) is 12.2. The fourth-order valence-corrected chi connectivity index (χ4v) is 1.97. The Morgan fingerprint density at radius 2 is 1.74 bits per heavy atom. The van der Waals surface area contributed by atoms with Crippen LogP contribution in [0.15, 0.2) is 35.5 Å². The summed E-state index contributed by atoms with van der Waals surface area (Å²) in [6.45, 7) is 0. The average Bonchev–Trinajstić information content (AvgIpc) is 3.38. The van der Waals surface area contributed by atoms with E-state index in [0.29, 0.717) is 24.6 Å². The van der Waals surface area contributed by atoms with Crippen molar-refractivity contribution < 1.29 is 4.79 Å². The number of allylic oxidation sites excluding steroid dienone is 2. The Morgan fingerprint density at radius 3 is 2.26 bits per heavy atom. The molecule has 1 aliphatic carbocycles. The molecule has 1 aliphatic rings. The Labute approximate surface area is 134 Å². The molecule has 6 heteroatoms. The minimum Gasteiger partial charge on any atom is -0.353 e. The van der Waals surface area contributed by atoms with E-state index in [1.807, 2.05) is 12.1 Å². The molecule has 1 aromatic carbocycles. The second-order valence-corrected chi connectivity index (χ2v) is 5.25. The Kier molecular flexibility index (Phi) is 5.34. The highest BCUT2D eigenvalue weighted by Crippen LogP contribution is 2.19. The van der Waals surface area contributed by atoms with Gasteiger partial charge in [-0.25, -0.2) is 0 Å². The number of benzene rings is 1. The van der Waals surface area contributed by atoms with Crippen LogP contribution in [0.25, 0.3) is 0 Å². The van der Waals surface area contributed by atoms with Crippen LogP contribution in [-0.4, -0.2) is 11.9 Å². The maximum atomic E-state index is 11.6. The number of nitriles is 3. The molecule has 1 aromatic rings. The zero-order chi connectivity index (χ0) is 16.7. The van der Waals surface area contributed by atoms with Gasteiger partial charge in [0.15, 0.2) is 5.57 Å². The van der Waals surface area contributed by atoms with Crippen LogP contribution >= 0.6 is 0 Å². The number of nitrogens with one attached hydrogen (secondary N) is 2. The lowest BCUT2D eigenvalue weighted by atomic mass is 10.1. The van der Waals surface area contributed by atoms with Crippen LogP contribution in [0.1, 0.15) is 24.8 Å². The summed E-state index contributed by atoms with van der Waals surface area (Å²) in [5, 5.41) is 32.2. The zero-order valence-corrected chi connectivity index (χ0v) is 12.5. The third kappa shape index (κ3) is 4.88. The molecule has 0 unspecified atom stereocenters. The van der Waals surface area contributed by atoms with Gasteiger partial charge in [0.25, 0.3) is 0 Å². The van der Waals surface area contributed by atoms with E-state index in [-0.39, 0.29) is 17.2 Å². The molecule has 0 atom stereocenters. The molecule has 114 valence electrons. The van der Waals surface area contributed by atoms with Crippen molar-refractivity contribution in [2.75, 3.05) is 5.32 Å². The predicted molar refractivity (Wildman–Crippen MR) is 83.4 cm³/mol. The summed E-state index contributed by atoms with van der Waals surface area (Å²) in [6, 6.07) is 12.7. The van der Waals surface area contributed by atoms with Crippen molar-refractivity contribution in [2.24, 2.45) is 0 Å². The first-order chi connectivity index (χ1) is 11.2. The summed E-state index contributed by atoms with van der Waals surface area (Å²) < 4.78 is 0. The standard InChI is InChI=1S/C17H15N5O/c18-9-13(10-19)16(11-20)21-14-4-1-12(2-5-14)3-8-17(23)22-15-6-7-15/h1-2,4-5,15,21H,3,6-8H2,(H,22,23). The summed E-state index contributed by atoms with van der Waals surface area (Å²) in [6.07, 6.45) is 3.24. The molecule has 1 amide bonds. The topological polar surface area (TPSA) is 112 Å². The van der Waals surface area contributed by atoms with Crippen LogP contribution in [0, 0.1) is 34.0 Å². The van der Waals surface area contributed by atoms with Crippen molar-refractivity contribution in [1.29, 1.82) is 15.8 Å². The van der Waals surface area contributed by atoms with E-state index >= 15 is 0 Å². The Balaban J connectivity index is 1.93. The summed E-state index contributed by atoms with van der Waals surface area (Å²) >= 11 is 0. The lowest BCUT2D eigenvalue weighted by Gasteiger charge is -2.07. The van der Waals surface area contributed by atoms with E-state index in [1.165, 1.54) is 0 Å². The van der Waals surface area contributed by atoms with Crippen LogP contribution < -0.4 is 10.6 Å². The van der Waals surface area contributed by atoms with Crippen LogP contribution in [-0.2, 0) is 11.2 Å². The summed E-state index contributed by atoms with van der Waals surface area (Å²) in [7, 11) is 0. The minimum atomic E-state index is -0.256. The van der Waals surface area contributed by atoms with E-state index in [4.69, 9.17) is 15.8 Å². The second-order valence-electron chi connectivity index (χ2n) is 5.25. The number of carbonyl (C=O) groups excluding carboxylic acids is 1. The van der Waals surface area contributed by atoms with Gasteiger partial charge in [-0.1, -0.05) is 12.1 Å². The van der Waals surface area contributed by atoms with Crippen LogP contribution in [0.3, 0.4) is 0 Å². The highest BCUT2D eigenvalue weighted by molar-refractivity contribution is 5.76. The maximum absolute atomic E-state index is 11.6. The van der Waals surface area contributed by atoms with Gasteiger partial charge < -0.3 is 10.6 Å². The first kappa shape index (κ1) is 16.1. The van der Waals surface area contributed by atoms with Crippen molar-refractivity contribution >= 4 is 11.6 Å². The second kappa shape index (κ2) is 7.64. The smallest absolute Gasteiger partial charge is 0.220 e. The van der Waals surface area contributed by atoms with Gasteiger partial charge in [0.05, 0.1) is 0 Å². The average molecular weight is 305 g/mol. The van der Waals surface area contributed by atoms with Crippen molar-refractivity contribution in [3.05, 3.63) is 41.1 Å². The van der Waals surface area contributed by atoms with Gasteiger partial charge in [-0.2, -0.15) is 15.8 Å². The van der Waals surface area contributed by atoms with Crippen LogP contribution in [0.2, 0.25) is 0 Å². The monoisotopic (exact) mass is 305 g/mol. The fourth-order valence-electron chi connectivity index (χ4n) is 1.97. The third-order valence-corrected chi connectivity index (χ3v) is 3.39. The molecule has 23 heavy (non-hydrogen) atoms. The van der Waals surface area contributed by atoms with Crippen molar-refractivity contribution in [3.63, 3.8) is 0 Å². The molecule has 0 aliphatic heterocycles. The number of rotatable bonds is 6. The molecular formula is C17H15N5O. The van der Waals surface area contributed by atoms with E-state index in [0.717, 1.165) is 18.4 Å². The minimum absolute atomic E-state index is 0.0667. The molecular weight excluding hydrogens is 290 g/mol. The van der Waals surface area contributed by atoms with E-state index < -0.39 is 0 Å². The van der Waals surface area contributed by atoms with E-state index in [2.05, 4.69) is 10.6 Å². The lowest BCUT2D eigenvalue weighted by molar-refractivity contribution is -0.121. The number of anilines is 1. The van der Waals surface area contributed by atoms with E-state index in [9.17, 15) is 4.79 Å². The molecule has 0 spiro atoms. The fraction of sp³-hybridized carbons (Fsp3) is 0.294. The SMILES string of the molecule is N#CC(C#N)=C(C#N)Nc1ccc(CCC(=O)NC2CC2)cc1. The van der Waals surface area contributed by atoms with Gasteiger partial charge in [-0.3, -0.25) is 4.79 Å². The number of hydrogen-bond donors (Lipinski definition) is 2. The highest BCUT2D eigenvalue weighted by Gasteiger charge is 2.22. The van der Waals surface area contributed by atoms with Crippen LogP contribution in [0.5, 0.6) is 0 Å². The molecule has 0 aromatic heterocycles. The Bertz CT molecular complexity index is 723. The highest BCUT2D eigenvalue weighted by atomic mass is 16.1. The molecule has 1 saturated carbocycles. The van der Waals surface area contributed by atoms with Gasteiger partial charge in [-0.15, -0.1) is 0 Å². The number of hydrogen-bond acceptors (Lipinski definition) is 5. The molecule has 1 fully saturated rings. The molecule has 0 saturated heterocycles. The Morgan fingerprint density at radius 1 is 1.09 bits per heavy atom. The quantitative estimate of drug-likeness (QED) is 0.782. The van der Waals surface area contributed by atoms with Crippen molar-refractivity contribution in [2.45, 2.75) is 31.7 Å². The predicted octanol–water partition coefficient (Wildman–Crippen LogP) is 2.13. The van der Waals surface area contributed by atoms with Gasteiger partial charge in [0, 0.05) is 18.2 Å². The number of nitrogens with zero attached hydrogens (tertiary/aromatic N) is 3. The first-order valence-corrected chi connectivity index (χ1v) is 7.26. The third-order valence-electron chi connectivity index (χ3n) is 3.39. The van der Waals surface area contributed by atoms with Crippen molar-refractivity contribution in [3.8, 4) is 18.2 Å². The van der Waals surface area contributed by atoms with Gasteiger partial charge in [0.1, 0.15) is 23.9 Å². The Hall–Kier alpha value is -3.30. The zero-order valence-electron chi connectivity index (χ0n) is 12.5. The van der Waals surface area contributed by atoms with Gasteiger partial charge in [-0.05, 0) is 37.0 Å². The number of amides is 1. The lowest BCUT2D eigenvalue weighted by Crippen LogP contribution is -2.25. The van der Waals surface area contributed by atoms with Gasteiger partial charge >= 0.3 is 0 Å². The first-order valence-electron chi connectivity index (χ1n) is 7.26. The molecule has 2 N–H and O–H groups in total. The molecule has 0 heterocycles. The largest absolute Gasteiger partial charge is 0.353 e. The maximum Gasteiger partial charge on any atom is 0.220 e. The summed E-state index contributed by atoms with van der Waals surface area (Å²) in [5.41, 5.74) is 1.28. The summed E-state index contributed by atoms with van der Waals surface area (Å²) in [4.78, 5) is 11.6. The number of carbonyl (C=O) groups is 1. The van der Waals surface area contributed by atoms with Crippen LogP contribution in [0.4, 0.5) is 5.69 Å². The molecule has 0 radical (unpaired) electrons. The number of aryl methyl sites for hydroxylation is 1. The molecule has 6 nitrogen and oxygen atoms in total. The van der Waals surface area contributed by atoms with E-state index in [1.54, 1.807) is 30.3 Å². The summed E-state index contributed by atoms with van der Waals surface area (Å²) in [5.74, 6) is 0.0667. The molecule has 0 bridgehead atoms. The van der Waals surface area contributed by atoms with Gasteiger partial charge in [0.2, 0.25) is 5.91 Å². The van der Waals surface area contributed by atoms with Crippen molar-refractivity contribution in [1.82, 2.24) is 5.32 Å².